The van der Waals surface area contributed by atoms with Crippen LogP contribution < -0.4 is 9.61 Å². The third-order valence-corrected chi connectivity index (χ3v) is 5.70. The number of hydrogen-bond donors (Lipinski definition) is 2. The molecule has 0 saturated heterocycles. The Morgan fingerprint density at radius 1 is 1.29 bits per heavy atom. The Morgan fingerprint density at radius 3 is 2.65 bits per heavy atom. The summed E-state index contributed by atoms with van der Waals surface area (Å²) in [5.74, 6) is -0.738. The van der Waals surface area contributed by atoms with E-state index >= 15 is 0 Å². The lowest BCUT2D eigenvalue weighted by Crippen LogP contribution is -2.35. The fourth-order valence-corrected chi connectivity index (χ4v) is 3.87. The summed E-state index contributed by atoms with van der Waals surface area (Å²) in [6.07, 6.45) is 1.78. The van der Waals surface area contributed by atoms with Gasteiger partial charge in [0.05, 0.1) is 24.5 Å². The van der Waals surface area contributed by atoms with E-state index in [4.69, 9.17) is 18.5 Å². The van der Waals surface area contributed by atoms with Crippen LogP contribution in [0.1, 0.15) is 28.5 Å². The van der Waals surface area contributed by atoms with Crippen LogP contribution in [0.15, 0.2) is 36.5 Å². The molecule has 2 rings (SSSR count). The Bertz CT molecular complexity index is 938. The fraction of sp³-hybridized carbons (Fsp3) is 0.350. The Balaban J connectivity index is 2.20. The molecule has 2 N–H and O–H groups in total. The Hall–Kier alpha value is -2.78. The van der Waals surface area contributed by atoms with Crippen LogP contribution in [0, 0.1) is 6.92 Å². The quantitative estimate of drug-likeness (QED) is 0.214. The molecule has 0 aliphatic rings. The van der Waals surface area contributed by atoms with Gasteiger partial charge in [-0.25, -0.2) is 4.57 Å². The van der Waals surface area contributed by atoms with Crippen LogP contribution in [0.25, 0.3) is 0 Å². The van der Waals surface area contributed by atoms with Crippen LogP contribution >= 0.6 is 7.75 Å². The summed E-state index contributed by atoms with van der Waals surface area (Å²) in [6, 6.07) is 7.19. The molecule has 2 atom stereocenters. The first-order valence-electron chi connectivity index (χ1n) is 9.35. The van der Waals surface area contributed by atoms with Crippen molar-refractivity contribution in [3.63, 3.8) is 0 Å². The standard InChI is InChI=1S/C20H25N2O8P/c1-14-19(24)18(12-23)16(11-21-14)13-29-31(26,30-17-7-5-4-6-8-17)22-15(2)20(25)28-10-9-27-3/h4-8,11-12,15,24H,9-10,13H2,1-3H3,(H,22,26)/t15-,31?/m0/s1. The lowest BCUT2D eigenvalue weighted by Gasteiger charge is -2.23. The van der Waals surface area contributed by atoms with Gasteiger partial charge < -0.3 is 19.1 Å². The number of aromatic nitrogens is 1. The topological polar surface area (TPSA) is 133 Å². The minimum Gasteiger partial charge on any atom is -0.505 e. The summed E-state index contributed by atoms with van der Waals surface area (Å²) < 4.78 is 34.2. The molecular formula is C20H25N2O8P. The van der Waals surface area contributed by atoms with Crippen LogP contribution in [-0.2, 0) is 30.0 Å². The van der Waals surface area contributed by atoms with E-state index in [1.54, 1.807) is 30.3 Å². The van der Waals surface area contributed by atoms with E-state index in [9.17, 15) is 19.3 Å². The van der Waals surface area contributed by atoms with E-state index in [2.05, 4.69) is 10.1 Å². The molecule has 1 unspecified atom stereocenters. The molecule has 0 aliphatic heterocycles. The second-order valence-electron chi connectivity index (χ2n) is 6.44. The zero-order valence-corrected chi connectivity index (χ0v) is 18.3. The number of pyridine rings is 1. The molecule has 11 heteroatoms. The third kappa shape index (κ3) is 7.15. The smallest absolute Gasteiger partial charge is 0.459 e. The number of rotatable bonds is 12. The van der Waals surface area contributed by atoms with Crippen LogP contribution in [-0.4, -0.2) is 48.7 Å². The fourth-order valence-electron chi connectivity index (χ4n) is 2.40. The van der Waals surface area contributed by atoms with Gasteiger partial charge in [0.1, 0.15) is 24.1 Å². The van der Waals surface area contributed by atoms with E-state index < -0.39 is 19.8 Å². The number of methoxy groups -OCH3 is 1. The van der Waals surface area contributed by atoms with Gasteiger partial charge in [-0.15, -0.1) is 0 Å². The van der Waals surface area contributed by atoms with Gasteiger partial charge >= 0.3 is 13.7 Å². The molecule has 1 heterocycles. The number of ether oxygens (including phenoxy) is 2. The van der Waals surface area contributed by atoms with Gasteiger partial charge in [0, 0.05) is 18.9 Å². The summed E-state index contributed by atoms with van der Waals surface area (Å²) in [5, 5.41) is 12.6. The van der Waals surface area contributed by atoms with Crippen molar-refractivity contribution >= 4 is 20.0 Å². The summed E-state index contributed by atoms with van der Waals surface area (Å²) in [4.78, 5) is 27.5. The number of para-hydroxylation sites is 1. The van der Waals surface area contributed by atoms with Gasteiger partial charge in [-0.05, 0) is 26.0 Å². The number of aromatic hydroxyl groups is 1. The number of carbonyl (C=O) groups excluding carboxylic acids is 2. The Kier molecular flexibility index (Phi) is 9.14. The second kappa shape index (κ2) is 11.6. The monoisotopic (exact) mass is 452 g/mol. The summed E-state index contributed by atoms with van der Waals surface area (Å²) in [5.41, 5.74) is 0.429. The molecule has 1 aromatic carbocycles. The highest BCUT2D eigenvalue weighted by Gasteiger charge is 2.32. The number of nitrogens with zero attached hydrogens (tertiary/aromatic N) is 1. The van der Waals surface area contributed by atoms with E-state index in [1.165, 1.54) is 27.2 Å². The molecule has 31 heavy (non-hydrogen) atoms. The summed E-state index contributed by atoms with van der Waals surface area (Å²) in [7, 11) is -2.65. The number of benzene rings is 1. The van der Waals surface area contributed by atoms with Crippen LogP contribution in [0.3, 0.4) is 0 Å². The zero-order chi connectivity index (χ0) is 22.9. The van der Waals surface area contributed by atoms with Crippen LogP contribution in [0.5, 0.6) is 11.5 Å². The van der Waals surface area contributed by atoms with Gasteiger partial charge in [0.25, 0.3) is 0 Å². The lowest BCUT2D eigenvalue weighted by molar-refractivity contribution is -0.146. The lowest BCUT2D eigenvalue weighted by atomic mass is 10.1. The molecular weight excluding hydrogens is 427 g/mol. The second-order valence-corrected chi connectivity index (χ2v) is 8.13. The van der Waals surface area contributed by atoms with Gasteiger partial charge in [0.15, 0.2) is 6.29 Å². The molecule has 2 aromatic rings. The minimum atomic E-state index is -4.12. The predicted octanol–water partition coefficient (Wildman–Crippen LogP) is 2.78. The minimum absolute atomic E-state index is 0.0308. The normalized spacial score (nSPS) is 13.8. The average molecular weight is 452 g/mol. The third-order valence-electron chi connectivity index (χ3n) is 4.07. The number of aldehydes is 1. The van der Waals surface area contributed by atoms with Crippen molar-refractivity contribution in [3.8, 4) is 11.5 Å². The van der Waals surface area contributed by atoms with Gasteiger partial charge in [-0.1, -0.05) is 18.2 Å². The van der Waals surface area contributed by atoms with E-state index in [0.29, 0.717) is 6.29 Å². The highest BCUT2D eigenvalue weighted by Crippen LogP contribution is 2.46. The van der Waals surface area contributed by atoms with Crippen molar-refractivity contribution in [1.29, 1.82) is 0 Å². The number of carbonyl (C=O) groups is 2. The molecule has 168 valence electrons. The van der Waals surface area contributed by atoms with Crippen molar-refractivity contribution in [2.45, 2.75) is 26.5 Å². The Morgan fingerprint density at radius 2 is 2.00 bits per heavy atom. The number of aryl methyl sites for hydroxylation is 1. The molecule has 0 fully saturated rings. The molecule has 0 radical (unpaired) electrons. The van der Waals surface area contributed by atoms with Crippen molar-refractivity contribution in [2.75, 3.05) is 20.3 Å². The van der Waals surface area contributed by atoms with Crippen molar-refractivity contribution in [3.05, 3.63) is 53.3 Å². The average Bonchev–Trinajstić information content (AvgIpc) is 2.75. The first kappa shape index (κ1) is 24.5. The molecule has 1 aromatic heterocycles. The van der Waals surface area contributed by atoms with E-state index in [-0.39, 0.29) is 48.1 Å². The van der Waals surface area contributed by atoms with E-state index in [1.807, 2.05) is 0 Å². The predicted molar refractivity (Wildman–Crippen MR) is 111 cm³/mol. The van der Waals surface area contributed by atoms with Crippen molar-refractivity contribution < 1.29 is 37.8 Å². The largest absolute Gasteiger partial charge is 0.505 e. The molecule has 0 aliphatic carbocycles. The SMILES string of the molecule is COCCOC(=O)[C@H](C)NP(=O)(OCc1cnc(C)c(O)c1C=O)Oc1ccccc1. The molecule has 0 saturated carbocycles. The first-order valence-corrected chi connectivity index (χ1v) is 10.9. The molecule has 10 nitrogen and oxygen atoms in total. The zero-order valence-electron chi connectivity index (χ0n) is 17.4. The highest BCUT2D eigenvalue weighted by molar-refractivity contribution is 7.52. The van der Waals surface area contributed by atoms with Gasteiger partial charge in [-0.3, -0.25) is 19.1 Å². The van der Waals surface area contributed by atoms with Gasteiger partial charge in [0.2, 0.25) is 0 Å². The Labute approximate surface area is 180 Å². The maximum absolute atomic E-state index is 13.4. The maximum Gasteiger partial charge on any atom is 0.459 e. The number of esters is 1. The summed E-state index contributed by atoms with van der Waals surface area (Å²) in [6.45, 7) is 2.84. The number of nitrogens with one attached hydrogen (secondary N) is 1. The molecule has 0 bridgehead atoms. The highest BCUT2D eigenvalue weighted by atomic mass is 31.2. The molecule has 0 spiro atoms. The first-order chi connectivity index (χ1) is 14.8. The van der Waals surface area contributed by atoms with Crippen LogP contribution in [0.2, 0.25) is 0 Å². The van der Waals surface area contributed by atoms with Crippen LogP contribution in [0.4, 0.5) is 0 Å². The number of hydrogen-bond acceptors (Lipinski definition) is 9. The molecule has 0 amide bonds. The summed E-state index contributed by atoms with van der Waals surface area (Å²) >= 11 is 0. The van der Waals surface area contributed by atoms with Crippen molar-refractivity contribution in [1.82, 2.24) is 10.1 Å². The maximum atomic E-state index is 13.4. The van der Waals surface area contributed by atoms with Gasteiger partial charge in [-0.2, -0.15) is 5.09 Å². The van der Waals surface area contributed by atoms with Crippen molar-refractivity contribution in [2.24, 2.45) is 0 Å². The van der Waals surface area contributed by atoms with E-state index in [0.717, 1.165) is 0 Å².